The Morgan fingerprint density at radius 2 is 1.85 bits per heavy atom. The van der Waals surface area contributed by atoms with Crippen LogP contribution in [0.15, 0.2) is 64.0 Å². The maximum absolute atomic E-state index is 13.1. The smallest absolute Gasteiger partial charge is 0.294 e. The molecule has 1 fully saturated rings. The van der Waals surface area contributed by atoms with Gasteiger partial charge in [-0.05, 0) is 86.7 Å². The zero-order chi connectivity index (χ0) is 28.4. The first-order chi connectivity index (χ1) is 19.2. The summed E-state index contributed by atoms with van der Waals surface area (Å²) < 4.78 is 12.1. The number of ether oxygens (including phenoxy) is 2. The highest BCUT2D eigenvalue weighted by Gasteiger charge is 2.37. The third-order valence-electron chi connectivity index (χ3n) is 6.57. The Morgan fingerprint density at radius 1 is 1.07 bits per heavy atom. The summed E-state index contributed by atoms with van der Waals surface area (Å²) in [6.07, 6.45) is 2.34. The molecule has 3 amide bonds. The molecule has 40 heavy (non-hydrogen) atoms. The van der Waals surface area contributed by atoms with Crippen molar-refractivity contribution in [2.75, 3.05) is 20.2 Å². The number of imide groups is 1. The average Bonchev–Trinajstić information content (AvgIpc) is 3.20. The number of fused-ring (bicyclic) bond motifs is 1. The van der Waals surface area contributed by atoms with E-state index in [0.717, 1.165) is 34.2 Å². The van der Waals surface area contributed by atoms with Gasteiger partial charge < -0.3 is 14.4 Å². The number of halogens is 3. The van der Waals surface area contributed by atoms with Crippen LogP contribution in [0.5, 0.6) is 11.5 Å². The van der Waals surface area contributed by atoms with Crippen LogP contribution in [0.3, 0.4) is 0 Å². The minimum absolute atomic E-state index is 0.222. The Bertz CT molecular complexity index is 1550. The van der Waals surface area contributed by atoms with E-state index in [4.69, 9.17) is 32.7 Å². The molecule has 0 aliphatic carbocycles. The van der Waals surface area contributed by atoms with Crippen molar-refractivity contribution in [3.05, 3.63) is 96.3 Å². The van der Waals surface area contributed by atoms with E-state index in [9.17, 15) is 14.4 Å². The van der Waals surface area contributed by atoms with Crippen molar-refractivity contribution in [2.45, 2.75) is 19.6 Å². The molecule has 7 nitrogen and oxygen atoms in total. The summed E-state index contributed by atoms with van der Waals surface area (Å²) in [6.45, 7) is 0.947. The average molecular weight is 662 g/mol. The number of hydrogen-bond acceptors (Lipinski definition) is 6. The van der Waals surface area contributed by atoms with Gasteiger partial charge in [0.25, 0.3) is 11.1 Å². The highest BCUT2D eigenvalue weighted by molar-refractivity contribution is 9.10. The van der Waals surface area contributed by atoms with Crippen LogP contribution < -0.4 is 9.47 Å². The number of hydrogen-bond donors (Lipinski definition) is 0. The number of rotatable bonds is 7. The van der Waals surface area contributed by atoms with E-state index in [1.165, 1.54) is 12.7 Å². The molecule has 11 heteroatoms. The maximum atomic E-state index is 13.1. The zero-order valence-electron chi connectivity index (χ0n) is 21.3. The Balaban J connectivity index is 1.28. The van der Waals surface area contributed by atoms with Crippen LogP contribution in [0.25, 0.3) is 6.08 Å². The zero-order valence-corrected chi connectivity index (χ0v) is 25.2. The highest BCUT2D eigenvalue weighted by Crippen LogP contribution is 2.40. The highest BCUT2D eigenvalue weighted by atomic mass is 79.9. The topological polar surface area (TPSA) is 76.2 Å². The molecule has 0 unspecified atom stereocenters. The van der Waals surface area contributed by atoms with Crippen LogP contribution >= 0.6 is 50.9 Å². The fourth-order valence-electron chi connectivity index (χ4n) is 4.48. The van der Waals surface area contributed by atoms with E-state index in [1.54, 1.807) is 35.2 Å². The predicted molar refractivity (Wildman–Crippen MR) is 160 cm³/mol. The van der Waals surface area contributed by atoms with Gasteiger partial charge in [0.05, 0.1) is 26.5 Å². The lowest BCUT2D eigenvalue weighted by Gasteiger charge is -2.29. The Kier molecular flexibility index (Phi) is 8.75. The maximum Gasteiger partial charge on any atom is 0.294 e. The molecule has 1 saturated heterocycles. The molecule has 0 aromatic heterocycles. The van der Waals surface area contributed by atoms with Crippen LogP contribution in [0.1, 0.15) is 22.3 Å². The first-order valence-electron chi connectivity index (χ1n) is 12.3. The van der Waals surface area contributed by atoms with Crippen LogP contribution in [0.4, 0.5) is 4.79 Å². The minimum Gasteiger partial charge on any atom is -0.493 e. The van der Waals surface area contributed by atoms with Crippen molar-refractivity contribution in [2.24, 2.45) is 0 Å². The van der Waals surface area contributed by atoms with Gasteiger partial charge in [0, 0.05) is 13.1 Å². The van der Waals surface area contributed by atoms with Crippen molar-refractivity contribution in [1.29, 1.82) is 0 Å². The second kappa shape index (κ2) is 12.3. The van der Waals surface area contributed by atoms with Gasteiger partial charge in [-0.2, -0.15) is 0 Å². The Hall–Kier alpha value is -2.98. The van der Waals surface area contributed by atoms with Crippen LogP contribution in [0, 0.1) is 0 Å². The Morgan fingerprint density at radius 3 is 2.60 bits per heavy atom. The predicted octanol–water partition coefficient (Wildman–Crippen LogP) is 6.96. The van der Waals surface area contributed by atoms with E-state index in [-0.39, 0.29) is 24.0 Å². The molecule has 3 aromatic rings. The number of nitrogens with zero attached hydrogens (tertiary/aromatic N) is 2. The van der Waals surface area contributed by atoms with Gasteiger partial charge in [-0.25, -0.2) is 0 Å². The molecule has 206 valence electrons. The van der Waals surface area contributed by atoms with E-state index in [2.05, 4.69) is 22.0 Å². The first-order valence-corrected chi connectivity index (χ1v) is 14.6. The number of amides is 3. The molecular weight excluding hydrogens is 639 g/mol. The van der Waals surface area contributed by atoms with Crippen molar-refractivity contribution in [1.82, 2.24) is 9.80 Å². The largest absolute Gasteiger partial charge is 0.493 e. The summed E-state index contributed by atoms with van der Waals surface area (Å²) in [4.78, 5) is 41.7. The molecule has 2 heterocycles. The van der Waals surface area contributed by atoms with E-state index >= 15 is 0 Å². The molecule has 2 aliphatic heterocycles. The van der Waals surface area contributed by atoms with Gasteiger partial charge in [0.2, 0.25) is 5.91 Å². The lowest BCUT2D eigenvalue weighted by atomic mass is 10.00. The van der Waals surface area contributed by atoms with Crippen molar-refractivity contribution < 1.29 is 23.9 Å². The van der Waals surface area contributed by atoms with Crippen LogP contribution in [0.2, 0.25) is 10.0 Å². The second-order valence-corrected chi connectivity index (χ2v) is 11.8. The van der Waals surface area contributed by atoms with Crippen LogP contribution in [-0.4, -0.2) is 47.1 Å². The van der Waals surface area contributed by atoms with Gasteiger partial charge in [-0.15, -0.1) is 0 Å². The quantitative estimate of drug-likeness (QED) is 0.255. The van der Waals surface area contributed by atoms with Crippen molar-refractivity contribution in [3.63, 3.8) is 0 Å². The molecule has 5 rings (SSSR count). The number of benzene rings is 3. The molecule has 0 N–H and O–H groups in total. The van der Waals surface area contributed by atoms with Gasteiger partial charge in [-0.1, -0.05) is 53.5 Å². The summed E-state index contributed by atoms with van der Waals surface area (Å²) in [5.74, 6) is 0.134. The molecule has 0 bridgehead atoms. The molecule has 3 aromatic carbocycles. The summed E-state index contributed by atoms with van der Waals surface area (Å²) in [7, 11) is 1.51. The molecule has 0 spiro atoms. The molecule has 0 atom stereocenters. The SMILES string of the molecule is COc1cc(/C=C2\SC(=O)N(CC(=O)N3CCc4ccccc4C3)C2=O)cc(Br)c1OCc1ccc(Cl)c(Cl)c1. The minimum atomic E-state index is -0.504. The number of thioether (sulfide) groups is 1. The fourth-order valence-corrected chi connectivity index (χ4v) is 6.21. The van der Waals surface area contributed by atoms with Gasteiger partial charge in [0.1, 0.15) is 13.2 Å². The second-order valence-electron chi connectivity index (χ2n) is 9.17. The summed E-state index contributed by atoms with van der Waals surface area (Å²) in [6, 6.07) is 16.7. The van der Waals surface area contributed by atoms with Gasteiger partial charge >= 0.3 is 0 Å². The standard InChI is InChI=1S/C29H23BrCl2N2O5S/c1-38-24-12-18(10-21(30)27(24)39-16-17-6-7-22(31)23(32)11-17)13-25-28(36)34(29(37)40-25)15-26(35)33-9-8-19-4-2-3-5-20(19)14-33/h2-7,10-13H,8-9,14-16H2,1H3/b25-13-. The number of carbonyl (C=O) groups is 3. The van der Waals surface area contributed by atoms with E-state index in [0.29, 0.717) is 44.7 Å². The lowest BCUT2D eigenvalue weighted by Crippen LogP contribution is -2.44. The van der Waals surface area contributed by atoms with Crippen LogP contribution in [-0.2, 0) is 29.2 Å². The molecule has 2 aliphatic rings. The van der Waals surface area contributed by atoms with E-state index < -0.39 is 11.1 Å². The van der Waals surface area contributed by atoms with E-state index in [1.807, 2.05) is 24.3 Å². The normalized spacial score (nSPS) is 15.9. The van der Waals surface area contributed by atoms with Gasteiger partial charge in [0.15, 0.2) is 11.5 Å². The lowest BCUT2D eigenvalue weighted by molar-refractivity contribution is -0.136. The van der Waals surface area contributed by atoms with Crippen molar-refractivity contribution >= 4 is 74.0 Å². The Labute approximate surface area is 254 Å². The molecule has 0 saturated carbocycles. The number of carbonyl (C=O) groups excluding carboxylic acids is 3. The third kappa shape index (κ3) is 6.17. The molecule has 0 radical (unpaired) electrons. The summed E-state index contributed by atoms with van der Waals surface area (Å²) in [5.41, 5.74) is 3.74. The molecular formula is C29H23BrCl2N2O5S. The third-order valence-corrected chi connectivity index (χ3v) is 8.80. The van der Waals surface area contributed by atoms with Gasteiger partial charge in [-0.3, -0.25) is 19.3 Å². The first kappa shape index (κ1) is 28.5. The monoisotopic (exact) mass is 660 g/mol. The summed E-state index contributed by atoms with van der Waals surface area (Å²) in [5, 5.41) is 0.412. The van der Waals surface area contributed by atoms with Crippen molar-refractivity contribution in [3.8, 4) is 11.5 Å². The summed E-state index contributed by atoms with van der Waals surface area (Å²) >= 11 is 16.4. The number of methoxy groups -OCH3 is 1. The fraction of sp³-hybridized carbons (Fsp3) is 0.207.